The molecule has 0 radical (unpaired) electrons. The van der Waals surface area contributed by atoms with Crippen LogP contribution in [0.1, 0.15) is 32.2 Å². The molecular formula is C24H30N4OS. The second kappa shape index (κ2) is 8.66. The number of aryl methyl sites for hydroxylation is 2. The zero-order chi connectivity index (χ0) is 21.3. The van der Waals surface area contributed by atoms with Crippen molar-refractivity contribution in [3.05, 3.63) is 69.2 Å². The number of carbonyl (C=O) groups excluding carboxylic acids is 1. The lowest BCUT2D eigenvalue weighted by Crippen LogP contribution is -2.44. The zero-order valence-electron chi connectivity index (χ0n) is 18.2. The average molecular weight is 423 g/mol. The first kappa shape index (κ1) is 20.7. The number of hydrogen-bond donors (Lipinski definition) is 1. The van der Waals surface area contributed by atoms with E-state index in [1.807, 2.05) is 19.1 Å². The van der Waals surface area contributed by atoms with Crippen LogP contribution < -0.4 is 10.2 Å². The number of carbonyl (C=O) groups is 1. The molecule has 2 aromatic heterocycles. The third-order valence-electron chi connectivity index (χ3n) is 6.01. The van der Waals surface area contributed by atoms with Crippen molar-refractivity contribution in [1.82, 2.24) is 9.47 Å². The van der Waals surface area contributed by atoms with Gasteiger partial charge in [0.15, 0.2) is 0 Å². The summed E-state index contributed by atoms with van der Waals surface area (Å²) in [6.45, 7) is 11.3. The molecule has 3 aromatic rings. The maximum atomic E-state index is 13.0. The zero-order valence-corrected chi connectivity index (χ0v) is 19.1. The van der Waals surface area contributed by atoms with E-state index < -0.39 is 0 Å². The predicted molar refractivity (Wildman–Crippen MR) is 126 cm³/mol. The Labute approximate surface area is 182 Å². The summed E-state index contributed by atoms with van der Waals surface area (Å²) >= 11 is 1.74. The molecule has 1 aliphatic heterocycles. The molecular weight excluding hydrogens is 392 g/mol. The Hall–Kier alpha value is -2.57. The van der Waals surface area contributed by atoms with Crippen LogP contribution in [-0.2, 0) is 6.54 Å². The lowest BCUT2D eigenvalue weighted by atomic mass is 10.1. The highest BCUT2D eigenvalue weighted by Gasteiger charge is 2.18. The van der Waals surface area contributed by atoms with Crippen molar-refractivity contribution >= 4 is 28.6 Å². The van der Waals surface area contributed by atoms with Gasteiger partial charge in [-0.15, -0.1) is 11.3 Å². The molecule has 6 heteroatoms. The topological polar surface area (TPSA) is 40.5 Å². The van der Waals surface area contributed by atoms with Crippen molar-refractivity contribution in [2.75, 3.05) is 43.4 Å². The largest absolute Gasteiger partial charge is 0.369 e. The Balaban J connectivity index is 1.48. The van der Waals surface area contributed by atoms with E-state index in [9.17, 15) is 4.79 Å². The molecule has 1 aliphatic rings. The van der Waals surface area contributed by atoms with E-state index in [-0.39, 0.29) is 5.91 Å². The highest BCUT2D eigenvalue weighted by atomic mass is 32.1. The van der Waals surface area contributed by atoms with Crippen LogP contribution in [0.3, 0.4) is 0 Å². The van der Waals surface area contributed by atoms with E-state index in [4.69, 9.17) is 0 Å². The van der Waals surface area contributed by atoms with Crippen LogP contribution in [0, 0.1) is 20.8 Å². The van der Waals surface area contributed by atoms with Crippen LogP contribution in [0.4, 0.5) is 11.4 Å². The monoisotopic (exact) mass is 422 g/mol. The highest BCUT2D eigenvalue weighted by Crippen LogP contribution is 2.26. The van der Waals surface area contributed by atoms with Gasteiger partial charge in [-0.3, -0.25) is 4.79 Å². The van der Waals surface area contributed by atoms with Gasteiger partial charge in [-0.25, -0.2) is 0 Å². The highest BCUT2D eigenvalue weighted by molar-refractivity contribution is 7.09. The molecule has 30 heavy (non-hydrogen) atoms. The predicted octanol–water partition coefficient (Wildman–Crippen LogP) is 4.53. The van der Waals surface area contributed by atoms with E-state index >= 15 is 0 Å². The number of amides is 1. The molecule has 158 valence electrons. The van der Waals surface area contributed by atoms with Crippen molar-refractivity contribution in [1.29, 1.82) is 0 Å². The molecule has 0 bridgehead atoms. The minimum absolute atomic E-state index is 0.0488. The average Bonchev–Trinajstić information content (AvgIpc) is 3.33. The molecule has 0 unspecified atom stereocenters. The number of benzene rings is 1. The van der Waals surface area contributed by atoms with Gasteiger partial charge in [0.1, 0.15) is 0 Å². The molecule has 0 aliphatic carbocycles. The Morgan fingerprint density at radius 1 is 1.07 bits per heavy atom. The number of likely N-dealkylation sites (N-methyl/N-ethyl adjacent to an activating group) is 1. The van der Waals surface area contributed by atoms with Gasteiger partial charge in [-0.05, 0) is 69.1 Å². The number of nitrogens with zero attached hydrogens (tertiary/aromatic N) is 3. The maximum absolute atomic E-state index is 13.0. The summed E-state index contributed by atoms with van der Waals surface area (Å²) in [5.41, 5.74) is 6.15. The van der Waals surface area contributed by atoms with Gasteiger partial charge in [-0.1, -0.05) is 6.07 Å². The summed E-state index contributed by atoms with van der Waals surface area (Å²) in [5.74, 6) is -0.0488. The fourth-order valence-electron chi connectivity index (χ4n) is 4.17. The van der Waals surface area contributed by atoms with Crippen LogP contribution in [0.2, 0.25) is 0 Å². The Bertz CT molecular complexity index is 1030. The van der Waals surface area contributed by atoms with E-state index in [0.29, 0.717) is 0 Å². The Kier molecular flexibility index (Phi) is 5.97. The summed E-state index contributed by atoms with van der Waals surface area (Å²) in [5, 5.41) is 5.19. The quantitative estimate of drug-likeness (QED) is 0.657. The van der Waals surface area contributed by atoms with Gasteiger partial charge in [0.2, 0.25) is 0 Å². The van der Waals surface area contributed by atoms with E-state index in [2.05, 4.69) is 70.2 Å². The van der Waals surface area contributed by atoms with Crippen LogP contribution in [0.5, 0.6) is 0 Å². The van der Waals surface area contributed by atoms with Gasteiger partial charge in [0.25, 0.3) is 5.91 Å². The summed E-state index contributed by atoms with van der Waals surface area (Å²) in [7, 11) is 2.17. The lowest BCUT2D eigenvalue weighted by Gasteiger charge is -2.35. The molecule has 1 fully saturated rings. The summed E-state index contributed by atoms with van der Waals surface area (Å²) < 4.78 is 2.21. The number of aromatic nitrogens is 1. The fraction of sp³-hybridized carbons (Fsp3) is 0.375. The maximum Gasteiger partial charge on any atom is 0.257 e. The van der Waals surface area contributed by atoms with Gasteiger partial charge >= 0.3 is 0 Å². The molecule has 1 saturated heterocycles. The first-order chi connectivity index (χ1) is 14.4. The van der Waals surface area contributed by atoms with Crippen molar-refractivity contribution in [2.24, 2.45) is 0 Å². The SMILES string of the molecule is Cc1cc(NC(=O)c2cc(C)n(Cc3cccs3)c2C)ccc1N1CCN(C)CC1. The Morgan fingerprint density at radius 2 is 1.83 bits per heavy atom. The van der Waals surface area contributed by atoms with Crippen LogP contribution in [-0.4, -0.2) is 48.6 Å². The molecule has 1 N–H and O–H groups in total. The summed E-state index contributed by atoms with van der Waals surface area (Å²) in [6.07, 6.45) is 0. The molecule has 0 atom stereocenters. The molecule has 0 spiro atoms. The normalized spacial score (nSPS) is 14.9. The smallest absolute Gasteiger partial charge is 0.257 e. The van der Waals surface area contributed by atoms with Crippen molar-refractivity contribution in [3.8, 4) is 0 Å². The fourth-order valence-corrected chi connectivity index (χ4v) is 4.86. The van der Waals surface area contributed by atoms with Crippen LogP contribution in [0.25, 0.3) is 0 Å². The Morgan fingerprint density at radius 3 is 2.50 bits per heavy atom. The number of thiophene rings is 1. The molecule has 4 rings (SSSR count). The molecule has 1 amide bonds. The molecule has 5 nitrogen and oxygen atoms in total. The minimum atomic E-state index is -0.0488. The number of hydrogen-bond acceptors (Lipinski definition) is 4. The van der Waals surface area contributed by atoms with Gasteiger partial charge in [0, 0.05) is 53.8 Å². The first-order valence-corrected chi connectivity index (χ1v) is 11.3. The summed E-state index contributed by atoms with van der Waals surface area (Å²) in [6, 6.07) is 12.4. The summed E-state index contributed by atoms with van der Waals surface area (Å²) in [4.78, 5) is 19.1. The third kappa shape index (κ3) is 4.30. The van der Waals surface area contributed by atoms with Crippen LogP contribution in [0.15, 0.2) is 41.8 Å². The minimum Gasteiger partial charge on any atom is -0.369 e. The second-order valence-electron chi connectivity index (χ2n) is 8.20. The number of nitrogens with one attached hydrogen (secondary N) is 1. The van der Waals surface area contributed by atoms with E-state index in [1.165, 1.54) is 16.1 Å². The second-order valence-corrected chi connectivity index (χ2v) is 9.23. The number of rotatable bonds is 5. The molecule has 0 saturated carbocycles. The van der Waals surface area contributed by atoms with Gasteiger partial charge < -0.3 is 19.7 Å². The van der Waals surface area contributed by atoms with Crippen molar-refractivity contribution in [3.63, 3.8) is 0 Å². The molecule has 1 aromatic carbocycles. The standard InChI is InChI=1S/C24H30N4OS/c1-17-14-20(7-8-23(17)27-11-9-26(4)10-12-27)25-24(29)22-15-18(2)28(19(22)3)16-21-6-5-13-30-21/h5-8,13-15H,9-12,16H2,1-4H3,(H,25,29). The van der Waals surface area contributed by atoms with Crippen LogP contribution >= 0.6 is 11.3 Å². The number of anilines is 2. The third-order valence-corrected chi connectivity index (χ3v) is 6.87. The number of piperazine rings is 1. The lowest BCUT2D eigenvalue weighted by molar-refractivity contribution is 0.102. The van der Waals surface area contributed by atoms with Crippen molar-refractivity contribution < 1.29 is 4.79 Å². The van der Waals surface area contributed by atoms with Gasteiger partial charge in [-0.2, -0.15) is 0 Å². The molecule has 3 heterocycles. The van der Waals surface area contributed by atoms with E-state index in [1.54, 1.807) is 11.3 Å². The first-order valence-electron chi connectivity index (χ1n) is 10.5. The van der Waals surface area contributed by atoms with Crippen molar-refractivity contribution in [2.45, 2.75) is 27.3 Å². The van der Waals surface area contributed by atoms with E-state index in [0.717, 1.165) is 55.4 Å². The van der Waals surface area contributed by atoms with Gasteiger partial charge in [0.05, 0.1) is 12.1 Å².